The van der Waals surface area contributed by atoms with Crippen molar-refractivity contribution in [3.63, 3.8) is 0 Å². The van der Waals surface area contributed by atoms with Crippen LogP contribution >= 0.6 is 0 Å². The summed E-state index contributed by atoms with van der Waals surface area (Å²) in [4.78, 5) is 4.62. The first-order valence-electron chi connectivity index (χ1n) is 4.80. The number of hydrogen-bond acceptors (Lipinski definition) is 1. The van der Waals surface area contributed by atoms with E-state index in [1.54, 1.807) is 0 Å². The highest BCUT2D eigenvalue weighted by Gasteiger charge is 2.28. The fraction of sp³-hybridized carbons (Fsp3) is 0.727. The smallest absolute Gasteiger partial charge is 0.0639 e. The van der Waals surface area contributed by atoms with Crippen LogP contribution in [0, 0.1) is 5.92 Å². The molecule has 12 heavy (non-hydrogen) atoms. The van der Waals surface area contributed by atoms with Crippen LogP contribution in [-0.2, 0) is 0 Å². The fourth-order valence-electron chi connectivity index (χ4n) is 1.49. The zero-order valence-corrected chi connectivity index (χ0v) is 8.59. The lowest BCUT2D eigenvalue weighted by Gasteiger charge is -2.32. The van der Waals surface area contributed by atoms with Crippen molar-refractivity contribution in [1.29, 1.82) is 0 Å². The Kier molecular flexibility index (Phi) is 2.71. The predicted octanol–water partition coefficient (Wildman–Crippen LogP) is 3.21. The summed E-state index contributed by atoms with van der Waals surface area (Å²) in [6.45, 7) is 8.88. The number of allylic oxidation sites excluding steroid dienone is 1. The lowest BCUT2D eigenvalue weighted by Crippen LogP contribution is -2.31. The summed E-state index contributed by atoms with van der Waals surface area (Å²) in [6.07, 6.45) is 6.61. The van der Waals surface area contributed by atoms with Crippen LogP contribution in [0.1, 0.15) is 40.5 Å². The topological polar surface area (TPSA) is 12.4 Å². The molecule has 68 valence electrons. The Morgan fingerprint density at radius 2 is 2.33 bits per heavy atom. The van der Waals surface area contributed by atoms with Crippen molar-refractivity contribution in [2.24, 2.45) is 10.9 Å². The van der Waals surface area contributed by atoms with Crippen LogP contribution in [0.25, 0.3) is 0 Å². The maximum atomic E-state index is 4.62. The average Bonchev–Trinajstić information content (AvgIpc) is 2.09. The van der Waals surface area contributed by atoms with Gasteiger partial charge in [0.15, 0.2) is 0 Å². The van der Waals surface area contributed by atoms with E-state index in [0.717, 1.165) is 6.42 Å². The van der Waals surface area contributed by atoms with Crippen molar-refractivity contribution in [2.45, 2.75) is 46.1 Å². The van der Waals surface area contributed by atoms with E-state index in [1.807, 2.05) is 6.21 Å². The molecule has 1 aliphatic rings. The van der Waals surface area contributed by atoms with Gasteiger partial charge in [-0.25, -0.2) is 0 Å². The van der Waals surface area contributed by atoms with Crippen LogP contribution in [0.4, 0.5) is 0 Å². The molecule has 0 N–H and O–H groups in total. The first-order chi connectivity index (χ1) is 5.58. The first-order valence-corrected chi connectivity index (χ1v) is 4.80. The van der Waals surface area contributed by atoms with E-state index in [4.69, 9.17) is 0 Å². The van der Waals surface area contributed by atoms with Gasteiger partial charge in [-0.15, -0.1) is 0 Å². The van der Waals surface area contributed by atoms with Gasteiger partial charge < -0.3 is 0 Å². The van der Waals surface area contributed by atoms with Crippen LogP contribution in [-0.4, -0.2) is 11.8 Å². The molecule has 1 heteroatoms. The van der Waals surface area contributed by atoms with E-state index in [9.17, 15) is 0 Å². The van der Waals surface area contributed by atoms with Gasteiger partial charge >= 0.3 is 0 Å². The Morgan fingerprint density at radius 1 is 1.67 bits per heavy atom. The first kappa shape index (κ1) is 9.50. The Bertz CT molecular complexity index is 215. The summed E-state index contributed by atoms with van der Waals surface area (Å²) in [5.74, 6) is 0.679. The fourth-order valence-corrected chi connectivity index (χ4v) is 1.49. The third-order valence-electron chi connectivity index (χ3n) is 3.07. The molecule has 1 rings (SSSR count). The van der Waals surface area contributed by atoms with Crippen LogP contribution in [0.15, 0.2) is 16.6 Å². The number of nitrogens with zero attached hydrogens (tertiary/aromatic N) is 1. The van der Waals surface area contributed by atoms with Gasteiger partial charge in [-0.2, -0.15) is 0 Å². The molecule has 2 atom stereocenters. The van der Waals surface area contributed by atoms with E-state index in [-0.39, 0.29) is 5.54 Å². The summed E-state index contributed by atoms with van der Waals surface area (Å²) in [6, 6.07) is 0. The summed E-state index contributed by atoms with van der Waals surface area (Å²) >= 11 is 0. The van der Waals surface area contributed by atoms with Crippen LogP contribution < -0.4 is 0 Å². The number of hydrogen-bond donors (Lipinski definition) is 0. The average molecular weight is 165 g/mol. The standard InChI is InChI=1S/C11H19N/c1-5-10(3)11(4)7-6-9(2)8-12-11/h6,8,10H,5,7H2,1-4H3. The lowest BCUT2D eigenvalue weighted by atomic mass is 9.81. The lowest BCUT2D eigenvalue weighted by molar-refractivity contribution is 0.313. The van der Waals surface area contributed by atoms with Crippen molar-refractivity contribution < 1.29 is 0 Å². The summed E-state index contributed by atoms with van der Waals surface area (Å²) in [7, 11) is 0. The maximum absolute atomic E-state index is 4.62. The van der Waals surface area contributed by atoms with Gasteiger partial charge in [-0.3, -0.25) is 4.99 Å². The minimum Gasteiger partial charge on any atom is -0.286 e. The van der Waals surface area contributed by atoms with Gasteiger partial charge in [-0.1, -0.05) is 26.3 Å². The molecule has 0 radical (unpaired) electrons. The second-order valence-electron chi connectivity index (χ2n) is 4.08. The molecule has 0 amide bonds. The molecular formula is C11H19N. The molecule has 1 aliphatic heterocycles. The van der Waals surface area contributed by atoms with E-state index in [2.05, 4.69) is 38.8 Å². The van der Waals surface area contributed by atoms with Gasteiger partial charge in [0.05, 0.1) is 5.54 Å². The van der Waals surface area contributed by atoms with E-state index in [1.165, 1.54) is 12.0 Å². The third-order valence-corrected chi connectivity index (χ3v) is 3.07. The van der Waals surface area contributed by atoms with Gasteiger partial charge in [0.1, 0.15) is 0 Å². The van der Waals surface area contributed by atoms with Gasteiger partial charge in [0.25, 0.3) is 0 Å². The Balaban J connectivity index is 2.71. The summed E-state index contributed by atoms with van der Waals surface area (Å²) in [5, 5.41) is 0. The van der Waals surface area contributed by atoms with Crippen molar-refractivity contribution >= 4 is 6.21 Å². The molecule has 0 saturated carbocycles. The number of dihydropyridines is 1. The molecule has 0 aromatic rings. The largest absolute Gasteiger partial charge is 0.286 e. The van der Waals surface area contributed by atoms with Gasteiger partial charge in [-0.05, 0) is 31.8 Å². The van der Waals surface area contributed by atoms with E-state index >= 15 is 0 Å². The van der Waals surface area contributed by atoms with Crippen LogP contribution in [0.2, 0.25) is 0 Å². The van der Waals surface area contributed by atoms with Crippen LogP contribution in [0.5, 0.6) is 0 Å². The molecule has 0 aliphatic carbocycles. The molecule has 0 fully saturated rings. The van der Waals surface area contributed by atoms with Crippen LogP contribution in [0.3, 0.4) is 0 Å². The molecule has 1 nitrogen and oxygen atoms in total. The van der Waals surface area contributed by atoms with Gasteiger partial charge in [0, 0.05) is 6.21 Å². The minimum atomic E-state index is 0.161. The van der Waals surface area contributed by atoms with Crippen molar-refractivity contribution in [3.8, 4) is 0 Å². The monoisotopic (exact) mass is 165 g/mol. The van der Waals surface area contributed by atoms with E-state index in [0.29, 0.717) is 5.92 Å². The van der Waals surface area contributed by atoms with Crippen molar-refractivity contribution in [1.82, 2.24) is 0 Å². The normalized spacial score (nSPS) is 31.5. The zero-order valence-electron chi connectivity index (χ0n) is 8.59. The van der Waals surface area contributed by atoms with Crippen molar-refractivity contribution in [3.05, 3.63) is 11.6 Å². The number of rotatable bonds is 2. The van der Waals surface area contributed by atoms with E-state index < -0.39 is 0 Å². The second kappa shape index (κ2) is 3.42. The maximum Gasteiger partial charge on any atom is 0.0639 e. The molecule has 0 aromatic carbocycles. The zero-order chi connectivity index (χ0) is 9.19. The van der Waals surface area contributed by atoms with Crippen molar-refractivity contribution in [2.75, 3.05) is 0 Å². The highest BCUT2D eigenvalue weighted by Crippen LogP contribution is 2.30. The quantitative estimate of drug-likeness (QED) is 0.595. The molecule has 0 spiro atoms. The highest BCUT2D eigenvalue weighted by molar-refractivity contribution is 5.79. The summed E-state index contributed by atoms with van der Waals surface area (Å²) < 4.78 is 0. The molecule has 0 aromatic heterocycles. The molecule has 1 heterocycles. The number of aliphatic imine (C=N–C) groups is 1. The highest BCUT2D eigenvalue weighted by atomic mass is 14.9. The SMILES string of the molecule is CCC(C)C1(C)CC=C(C)C=N1. The molecular weight excluding hydrogens is 146 g/mol. The van der Waals surface area contributed by atoms with Gasteiger partial charge in [0.2, 0.25) is 0 Å². The molecule has 2 unspecified atom stereocenters. The Morgan fingerprint density at radius 3 is 2.75 bits per heavy atom. The summed E-state index contributed by atoms with van der Waals surface area (Å²) in [5.41, 5.74) is 1.46. The second-order valence-corrected chi connectivity index (χ2v) is 4.08. The Labute approximate surface area is 75.6 Å². The third kappa shape index (κ3) is 1.77. The Hall–Kier alpha value is -0.590. The predicted molar refractivity (Wildman–Crippen MR) is 54.7 cm³/mol. The molecule has 0 saturated heterocycles. The molecule has 0 bridgehead atoms. The minimum absolute atomic E-state index is 0.161.